The van der Waals surface area contributed by atoms with Gasteiger partial charge < -0.3 is 16.0 Å². The third-order valence-corrected chi connectivity index (χ3v) is 3.27. The van der Waals surface area contributed by atoms with E-state index in [4.69, 9.17) is 5.73 Å². The minimum Gasteiger partial charge on any atom is -0.353 e. The molecule has 0 aliphatic carbocycles. The molecule has 0 radical (unpaired) electrons. The van der Waals surface area contributed by atoms with Gasteiger partial charge in [-0.1, -0.05) is 34.1 Å². The van der Waals surface area contributed by atoms with Crippen molar-refractivity contribution in [1.82, 2.24) is 10.2 Å². The minimum atomic E-state index is -0.374. The molecule has 2 atom stereocenters. The number of rotatable bonds is 9. The molecule has 4 heteroatoms. The third kappa shape index (κ3) is 6.64. The lowest BCUT2D eigenvalue weighted by Crippen LogP contribution is -2.46. The summed E-state index contributed by atoms with van der Waals surface area (Å²) in [5.74, 6) is 0.222. The number of carbonyl (C=O) groups excluding carboxylic acids is 1. The fourth-order valence-electron chi connectivity index (χ4n) is 1.71. The van der Waals surface area contributed by atoms with Crippen molar-refractivity contribution in [2.75, 3.05) is 26.2 Å². The second kappa shape index (κ2) is 9.42. The van der Waals surface area contributed by atoms with E-state index in [0.717, 1.165) is 32.5 Å². The molecule has 1 amide bonds. The van der Waals surface area contributed by atoms with Crippen molar-refractivity contribution in [2.24, 2.45) is 11.7 Å². The zero-order chi connectivity index (χ0) is 13.3. The third-order valence-electron chi connectivity index (χ3n) is 3.27. The van der Waals surface area contributed by atoms with Crippen LogP contribution in [-0.2, 0) is 4.79 Å². The van der Waals surface area contributed by atoms with E-state index < -0.39 is 0 Å². The normalized spacial score (nSPS) is 14.7. The molecule has 17 heavy (non-hydrogen) atoms. The highest BCUT2D eigenvalue weighted by Crippen LogP contribution is 2.04. The summed E-state index contributed by atoms with van der Waals surface area (Å²) in [6.45, 7) is 12.1. The summed E-state index contributed by atoms with van der Waals surface area (Å²) < 4.78 is 0. The lowest BCUT2D eigenvalue weighted by atomic mass is 9.99. The Balaban J connectivity index is 3.83. The molecular weight excluding hydrogens is 214 g/mol. The monoisotopic (exact) mass is 243 g/mol. The molecule has 0 fully saturated rings. The van der Waals surface area contributed by atoms with Crippen LogP contribution in [0.4, 0.5) is 0 Å². The zero-order valence-electron chi connectivity index (χ0n) is 11.8. The number of nitrogens with zero attached hydrogens (tertiary/aromatic N) is 1. The average molecular weight is 243 g/mol. The van der Waals surface area contributed by atoms with Crippen LogP contribution in [0, 0.1) is 5.92 Å². The molecule has 0 spiro atoms. The van der Waals surface area contributed by atoms with Crippen LogP contribution in [0.15, 0.2) is 0 Å². The minimum absolute atomic E-state index is 0.0214. The highest BCUT2D eigenvalue weighted by Gasteiger charge is 2.18. The number of amides is 1. The van der Waals surface area contributed by atoms with Gasteiger partial charge in [0, 0.05) is 13.1 Å². The van der Waals surface area contributed by atoms with Crippen LogP contribution in [0.2, 0.25) is 0 Å². The van der Waals surface area contributed by atoms with Crippen molar-refractivity contribution in [1.29, 1.82) is 0 Å². The van der Waals surface area contributed by atoms with Crippen LogP contribution in [0.25, 0.3) is 0 Å². The topological polar surface area (TPSA) is 58.4 Å². The number of hydrogen-bond donors (Lipinski definition) is 2. The van der Waals surface area contributed by atoms with Gasteiger partial charge in [-0.25, -0.2) is 0 Å². The van der Waals surface area contributed by atoms with Crippen molar-refractivity contribution in [3.8, 4) is 0 Å². The van der Waals surface area contributed by atoms with Gasteiger partial charge in [-0.05, 0) is 25.4 Å². The predicted molar refractivity (Wildman–Crippen MR) is 72.8 cm³/mol. The standard InChI is InChI=1S/C13H29N3O/c1-5-9-16(7-3)10-8-15-13(17)12(14)11(4)6-2/h11-12H,5-10,14H2,1-4H3,(H,15,17)/t11?,12-/m0/s1. The summed E-state index contributed by atoms with van der Waals surface area (Å²) in [7, 11) is 0. The zero-order valence-corrected chi connectivity index (χ0v) is 11.8. The van der Waals surface area contributed by atoms with E-state index in [1.165, 1.54) is 0 Å². The Labute approximate surface area is 106 Å². The summed E-state index contributed by atoms with van der Waals surface area (Å²) in [6.07, 6.45) is 2.08. The molecule has 3 N–H and O–H groups in total. The second-order valence-electron chi connectivity index (χ2n) is 4.64. The van der Waals surface area contributed by atoms with Crippen molar-refractivity contribution in [2.45, 2.75) is 46.6 Å². The molecule has 0 saturated heterocycles. The molecule has 1 unspecified atom stereocenters. The molecule has 0 saturated carbocycles. The highest BCUT2D eigenvalue weighted by atomic mass is 16.2. The molecule has 0 aromatic carbocycles. The van der Waals surface area contributed by atoms with Gasteiger partial charge >= 0.3 is 0 Å². The summed E-state index contributed by atoms with van der Waals surface area (Å²) in [5, 5.41) is 2.92. The lowest BCUT2D eigenvalue weighted by Gasteiger charge is -2.21. The molecule has 4 nitrogen and oxygen atoms in total. The largest absolute Gasteiger partial charge is 0.353 e. The first-order valence-corrected chi connectivity index (χ1v) is 6.82. The van der Waals surface area contributed by atoms with Gasteiger partial charge in [-0.2, -0.15) is 0 Å². The Kier molecular flexibility index (Phi) is 9.09. The molecule has 0 rings (SSSR count). The Hall–Kier alpha value is -0.610. The van der Waals surface area contributed by atoms with Gasteiger partial charge in [0.2, 0.25) is 5.91 Å². The molecule has 0 aliphatic rings. The highest BCUT2D eigenvalue weighted by molar-refractivity contribution is 5.81. The number of hydrogen-bond acceptors (Lipinski definition) is 3. The number of nitrogens with two attached hydrogens (primary N) is 1. The lowest BCUT2D eigenvalue weighted by molar-refractivity contribution is -0.123. The summed E-state index contributed by atoms with van der Waals surface area (Å²) >= 11 is 0. The van der Waals surface area contributed by atoms with Gasteiger partial charge in [-0.3, -0.25) is 4.79 Å². The smallest absolute Gasteiger partial charge is 0.237 e. The van der Waals surface area contributed by atoms with Crippen molar-refractivity contribution in [3.05, 3.63) is 0 Å². The van der Waals surface area contributed by atoms with Crippen molar-refractivity contribution >= 4 is 5.91 Å². The Morgan fingerprint density at radius 2 is 1.94 bits per heavy atom. The van der Waals surface area contributed by atoms with Crippen LogP contribution in [-0.4, -0.2) is 43.0 Å². The first-order valence-electron chi connectivity index (χ1n) is 6.82. The summed E-state index contributed by atoms with van der Waals surface area (Å²) in [4.78, 5) is 14.0. The molecule has 0 aromatic heterocycles. The van der Waals surface area contributed by atoms with E-state index in [1.807, 2.05) is 6.92 Å². The van der Waals surface area contributed by atoms with Crippen molar-refractivity contribution in [3.63, 3.8) is 0 Å². The predicted octanol–water partition coefficient (Wildman–Crippen LogP) is 1.21. The van der Waals surface area contributed by atoms with Crippen LogP contribution in [0.1, 0.15) is 40.5 Å². The Morgan fingerprint density at radius 1 is 1.29 bits per heavy atom. The Bertz CT molecular complexity index is 209. The van der Waals surface area contributed by atoms with E-state index in [0.29, 0.717) is 6.54 Å². The average Bonchev–Trinajstić information content (AvgIpc) is 2.35. The second-order valence-corrected chi connectivity index (χ2v) is 4.64. The summed E-state index contributed by atoms with van der Waals surface area (Å²) in [5.41, 5.74) is 5.85. The molecule has 102 valence electrons. The van der Waals surface area contributed by atoms with Gasteiger partial charge in [0.1, 0.15) is 0 Å². The van der Waals surface area contributed by atoms with E-state index >= 15 is 0 Å². The molecule has 0 aromatic rings. The molecule has 0 heterocycles. The van der Waals surface area contributed by atoms with Gasteiger partial charge in [0.15, 0.2) is 0 Å². The quantitative estimate of drug-likeness (QED) is 0.640. The van der Waals surface area contributed by atoms with Crippen LogP contribution >= 0.6 is 0 Å². The molecule has 0 bridgehead atoms. The maximum atomic E-state index is 11.7. The van der Waals surface area contributed by atoms with Crippen LogP contribution < -0.4 is 11.1 Å². The summed E-state index contributed by atoms with van der Waals surface area (Å²) in [6, 6.07) is -0.374. The first kappa shape index (κ1) is 16.4. The Morgan fingerprint density at radius 3 is 2.41 bits per heavy atom. The maximum Gasteiger partial charge on any atom is 0.237 e. The van der Waals surface area contributed by atoms with Crippen molar-refractivity contribution < 1.29 is 4.79 Å². The van der Waals surface area contributed by atoms with Crippen LogP contribution in [0.3, 0.4) is 0 Å². The van der Waals surface area contributed by atoms with E-state index in [-0.39, 0.29) is 17.9 Å². The van der Waals surface area contributed by atoms with Gasteiger partial charge in [0.25, 0.3) is 0 Å². The van der Waals surface area contributed by atoms with E-state index in [1.54, 1.807) is 0 Å². The molecule has 0 aliphatic heterocycles. The van der Waals surface area contributed by atoms with Gasteiger partial charge in [0.05, 0.1) is 6.04 Å². The number of likely N-dealkylation sites (N-methyl/N-ethyl adjacent to an activating group) is 1. The van der Waals surface area contributed by atoms with Gasteiger partial charge in [-0.15, -0.1) is 0 Å². The number of carbonyl (C=O) groups is 1. The first-order chi connectivity index (χ1) is 8.06. The van der Waals surface area contributed by atoms with Crippen LogP contribution in [0.5, 0.6) is 0 Å². The fourth-order valence-corrected chi connectivity index (χ4v) is 1.71. The fraction of sp³-hybridized carbons (Fsp3) is 0.923. The van der Waals surface area contributed by atoms with E-state index in [2.05, 4.69) is 31.0 Å². The van der Waals surface area contributed by atoms with E-state index in [9.17, 15) is 4.79 Å². The molecular formula is C13H29N3O. The number of nitrogens with one attached hydrogen (secondary N) is 1. The SMILES string of the molecule is CCCN(CC)CCNC(=O)[C@@H](N)C(C)CC. The maximum absolute atomic E-state index is 11.7.